The van der Waals surface area contributed by atoms with E-state index >= 15 is 0 Å². The van der Waals surface area contributed by atoms with Crippen LogP contribution >= 0.6 is 0 Å². The van der Waals surface area contributed by atoms with E-state index in [9.17, 15) is 9.59 Å². The first-order valence-electron chi connectivity index (χ1n) is 7.98. The number of hydrogen-bond donors (Lipinski definition) is 0. The fraction of sp³-hybridized carbons (Fsp3) is 0.562. The fourth-order valence-corrected chi connectivity index (χ4v) is 3.03. The van der Waals surface area contributed by atoms with Gasteiger partial charge in [-0.3, -0.25) is 9.59 Å². The highest BCUT2D eigenvalue weighted by Gasteiger charge is 2.23. The Labute approximate surface area is 130 Å². The van der Waals surface area contributed by atoms with Gasteiger partial charge < -0.3 is 14.7 Å². The van der Waals surface area contributed by atoms with Crippen molar-refractivity contribution in [3.63, 3.8) is 0 Å². The van der Waals surface area contributed by atoms with E-state index in [2.05, 4.69) is 9.88 Å². The average molecular weight is 302 g/mol. The van der Waals surface area contributed by atoms with E-state index in [0.717, 1.165) is 25.3 Å². The summed E-state index contributed by atoms with van der Waals surface area (Å²) < 4.78 is 0. The Balaban J connectivity index is 1.69. The molecule has 0 N–H and O–H groups in total. The summed E-state index contributed by atoms with van der Waals surface area (Å²) in [7, 11) is 0. The molecule has 118 valence electrons. The molecule has 1 aromatic heterocycles. The number of carbonyl (C=O) groups is 2. The zero-order chi connectivity index (χ0) is 15.4. The summed E-state index contributed by atoms with van der Waals surface area (Å²) >= 11 is 0. The molecule has 0 bridgehead atoms. The second-order valence-corrected chi connectivity index (χ2v) is 5.86. The van der Waals surface area contributed by atoms with Crippen LogP contribution in [0.1, 0.15) is 29.8 Å². The lowest BCUT2D eigenvalue weighted by atomic mass is 10.1. The van der Waals surface area contributed by atoms with Crippen molar-refractivity contribution in [1.82, 2.24) is 14.8 Å². The standard InChI is InChI=1S/C16H22N4O2/c21-13-18-9-11-20(12-10-18)16(22)14-5-4-6-15(17-14)19-7-2-1-3-8-19/h4-6,13H,1-3,7-12H2. The summed E-state index contributed by atoms with van der Waals surface area (Å²) in [6, 6.07) is 5.67. The van der Waals surface area contributed by atoms with Crippen molar-refractivity contribution in [2.75, 3.05) is 44.2 Å². The number of anilines is 1. The van der Waals surface area contributed by atoms with Crippen LogP contribution in [0, 0.1) is 0 Å². The van der Waals surface area contributed by atoms with Gasteiger partial charge in [0.05, 0.1) is 0 Å². The summed E-state index contributed by atoms with van der Waals surface area (Å²) in [4.78, 5) is 33.6. The topological polar surface area (TPSA) is 56.8 Å². The van der Waals surface area contributed by atoms with Crippen molar-refractivity contribution >= 4 is 18.1 Å². The second kappa shape index (κ2) is 6.77. The Morgan fingerprint density at radius 2 is 1.73 bits per heavy atom. The predicted octanol–water partition coefficient (Wildman–Crippen LogP) is 0.986. The molecule has 2 aliphatic rings. The molecule has 0 aliphatic carbocycles. The maximum Gasteiger partial charge on any atom is 0.272 e. The average Bonchev–Trinajstić information content (AvgIpc) is 2.62. The number of carbonyl (C=O) groups excluding carboxylic acids is 2. The molecule has 1 aromatic rings. The molecule has 6 nitrogen and oxygen atoms in total. The third-order valence-electron chi connectivity index (χ3n) is 4.38. The van der Waals surface area contributed by atoms with Gasteiger partial charge in [0.1, 0.15) is 11.5 Å². The van der Waals surface area contributed by atoms with Gasteiger partial charge in [0.15, 0.2) is 0 Å². The van der Waals surface area contributed by atoms with Gasteiger partial charge in [0, 0.05) is 39.3 Å². The summed E-state index contributed by atoms with van der Waals surface area (Å²) in [5.41, 5.74) is 0.502. The van der Waals surface area contributed by atoms with Crippen molar-refractivity contribution in [3.8, 4) is 0 Å². The highest BCUT2D eigenvalue weighted by Crippen LogP contribution is 2.18. The van der Waals surface area contributed by atoms with Crippen molar-refractivity contribution < 1.29 is 9.59 Å². The number of hydrogen-bond acceptors (Lipinski definition) is 4. The third kappa shape index (κ3) is 3.21. The number of pyridine rings is 1. The quantitative estimate of drug-likeness (QED) is 0.781. The summed E-state index contributed by atoms with van der Waals surface area (Å²) in [6.07, 6.45) is 4.49. The first-order chi connectivity index (χ1) is 10.8. The zero-order valence-electron chi connectivity index (χ0n) is 12.8. The van der Waals surface area contributed by atoms with Crippen molar-refractivity contribution in [2.24, 2.45) is 0 Å². The molecule has 22 heavy (non-hydrogen) atoms. The Bertz CT molecular complexity index is 535. The van der Waals surface area contributed by atoms with Crippen LogP contribution in [-0.4, -0.2) is 66.4 Å². The molecule has 0 aromatic carbocycles. The maximum absolute atomic E-state index is 12.6. The lowest BCUT2D eigenvalue weighted by molar-refractivity contribution is -0.119. The molecule has 3 heterocycles. The molecule has 0 saturated carbocycles. The van der Waals surface area contributed by atoms with E-state index in [1.54, 1.807) is 15.9 Å². The predicted molar refractivity (Wildman–Crippen MR) is 83.8 cm³/mol. The van der Waals surface area contributed by atoms with Gasteiger partial charge in [-0.15, -0.1) is 0 Å². The van der Waals surface area contributed by atoms with Gasteiger partial charge in [-0.1, -0.05) is 6.07 Å². The number of amides is 2. The highest BCUT2D eigenvalue weighted by atomic mass is 16.2. The normalized spacial score (nSPS) is 19.2. The van der Waals surface area contributed by atoms with E-state index in [0.29, 0.717) is 31.9 Å². The molecule has 2 saturated heterocycles. The molecular formula is C16H22N4O2. The third-order valence-corrected chi connectivity index (χ3v) is 4.38. The summed E-state index contributed by atoms with van der Waals surface area (Å²) in [5, 5.41) is 0. The van der Waals surface area contributed by atoms with E-state index in [-0.39, 0.29) is 5.91 Å². The molecule has 2 amide bonds. The smallest absolute Gasteiger partial charge is 0.272 e. The molecule has 0 spiro atoms. The van der Waals surface area contributed by atoms with Gasteiger partial charge in [-0.05, 0) is 31.4 Å². The number of piperazine rings is 1. The largest absolute Gasteiger partial charge is 0.357 e. The number of rotatable bonds is 3. The van der Waals surface area contributed by atoms with Crippen molar-refractivity contribution in [1.29, 1.82) is 0 Å². The number of piperidine rings is 1. The van der Waals surface area contributed by atoms with Crippen LogP contribution in [0.3, 0.4) is 0 Å². The van der Waals surface area contributed by atoms with Crippen LogP contribution in [0.2, 0.25) is 0 Å². The van der Waals surface area contributed by atoms with Crippen LogP contribution in [0.25, 0.3) is 0 Å². The summed E-state index contributed by atoms with van der Waals surface area (Å²) in [5.74, 6) is 0.862. The van der Waals surface area contributed by atoms with Crippen LogP contribution in [-0.2, 0) is 4.79 Å². The molecule has 3 rings (SSSR count). The van der Waals surface area contributed by atoms with Gasteiger partial charge in [0.25, 0.3) is 5.91 Å². The molecular weight excluding hydrogens is 280 g/mol. The molecule has 6 heteroatoms. The van der Waals surface area contributed by atoms with E-state index in [1.165, 1.54) is 19.3 Å². The lowest BCUT2D eigenvalue weighted by Crippen LogP contribution is -2.48. The minimum atomic E-state index is -0.0376. The van der Waals surface area contributed by atoms with Crippen LogP contribution in [0.5, 0.6) is 0 Å². The Kier molecular flexibility index (Phi) is 4.56. The van der Waals surface area contributed by atoms with E-state index in [1.807, 2.05) is 12.1 Å². The van der Waals surface area contributed by atoms with Gasteiger partial charge in [-0.25, -0.2) is 4.98 Å². The molecule has 2 fully saturated rings. The second-order valence-electron chi connectivity index (χ2n) is 5.86. The Morgan fingerprint density at radius 1 is 1.00 bits per heavy atom. The Hall–Kier alpha value is -2.11. The zero-order valence-corrected chi connectivity index (χ0v) is 12.8. The van der Waals surface area contributed by atoms with Crippen LogP contribution in [0.15, 0.2) is 18.2 Å². The van der Waals surface area contributed by atoms with Crippen molar-refractivity contribution in [2.45, 2.75) is 19.3 Å². The minimum Gasteiger partial charge on any atom is -0.357 e. The van der Waals surface area contributed by atoms with Gasteiger partial charge in [-0.2, -0.15) is 0 Å². The van der Waals surface area contributed by atoms with Crippen molar-refractivity contribution in [3.05, 3.63) is 23.9 Å². The maximum atomic E-state index is 12.6. The number of nitrogens with zero attached hydrogens (tertiary/aromatic N) is 4. The van der Waals surface area contributed by atoms with E-state index < -0.39 is 0 Å². The Morgan fingerprint density at radius 3 is 2.41 bits per heavy atom. The summed E-state index contributed by atoms with van der Waals surface area (Å²) in [6.45, 7) is 4.38. The monoisotopic (exact) mass is 302 g/mol. The van der Waals surface area contributed by atoms with Crippen LogP contribution in [0.4, 0.5) is 5.82 Å². The first-order valence-corrected chi connectivity index (χ1v) is 7.98. The van der Waals surface area contributed by atoms with Gasteiger partial charge >= 0.3 is 0 Å². The van der Waals surface area contributed by atoms with E-state index in [4.69, 9.17) is 0 Å². The fourth-order valence-electron chi connectivity index (χ4n) is 3.03. The molecule has 2 aliphatic heterocycles. The lowest BCUT2D eigenvalue weighted by Gasteiger charge is -2.32. The molecule has 0 unspecified atom stereocenters. The van der Waals surface area contributed by atoms with Gasteiger partial charge in [0.2, 0.25) is 6.41 Å². The number of aromatic nitrogens is 1. The molecule has 0 radical (unpaired) electrons. The minimum absolute atomic E-state index is 0.0376. The van der Waals surface area contributed by atoms with Crippen LogP contribution < -0.4 is 4.90 Å². The first kappa shape index (κ1) is 14.8. The SMILES string of the molecule is O=CN1CCN(C(=O)c2cccc(N3CCCCC3)n2)CC1. The highest BCUT2D eigenvalue weighted by molar-refractivity contribution is 5.92. The molecule has 0 atom stereocenters.